The first-order valence-corrected chi connectivity index (χ1v) is 4.23. The van der Waals surface area contributed by atoms with E-state index in [0.717, 1.165) is 11.2 Å². The summed E-state index contributed by atoms with van der Waals surface area (Å²) in [6, 6.07) is 0. The Morgan fingerprint density at radius 3 is 2.75 bits per heavy atom. The molecule has 1 aliphatic carbocycles. The number of thioether (sulfide) groups is 1. The van der Waals surface area contributed by atoms with Gasteiger partial charge in [0.25, 0.3) is 0 Å². The lowest BCUT2D eigenvalue weighted by Crippen LogP contribution is -2.25. The average molecular weight is 126 g/mol. The second-order valence-electron chi connectivity index (χ2n) is 2.68. The minimum Gasteiger partial charge on any atom is -0.154 e. The third-order valence-electron chi connectivity index (χ3n) is 2.03. The zero-order valence-electron chi connectivity index (χ0n) is 5.05. The normalized spacial score (nSPS) is 42.9. The van der Waals surface area contributed by atoms with E-state index in [9.17, 15) is 0 Å². The van der Waals surface area contributed by atoms with Gasteiger partial charge in [-0.3, -0.25) is 0 Å². The molecule has 2 atom stereocenters. The molecule has 1 heteroatoms. The van der Waals surface area contributed by atoms with E-state index in [0.29, 0.717) is 0 Å². The Labute approximate surface area is 54.4 Å². The molecule has 0 nitrogen and oxygen atoms in total. The van der Waals surface area contributed by atoms with Gasteiger partial charge in [-0.05, 0) is 19.3 Å². The van der Waals surface area contributed by atoms with Crippen LogP contribution in [0, 0.1) is 5.92 Å². The van der Waals surface area contributed by atoms with Crippen molar-refractivity contribution in [1.82, 2.24) is 0 Å². The predicted molar refractivity (Wildman–Crippen MR) is 38.1 cm³/mol. The highest BCUT2D eigenvalue weighted by Gasteiger charge is 2.28. The highest BCUT2D eigenvalue weighted by atomic mass is 32.2. The lowest BCUT2D eigenvalue weighted by Gasteiger charge is -2.35. The van der Waals surface area contributed by atoms with Crippen molar-refractivity contribution in [2.45, 2.75) is 18.6 Å². The van der Waals surface area contributed by atoms with Crippen LogP contribution in [0.2, 0.25) is 0 Å². The van der Waals surface area contributed by atoms with Crippen LogP contribution < -0.4 is 0 Å². The molecule has 0 aromatic carbocycles. The molecular weight excluding hydrogens is 116 g/mol. The van der Waals surface area contributed by atoms with E-state index in [1.54, 1.807) is 5.57 Å². The first-order valence-electron chi connectivity index (χ1n) is 3.18. The van der Waals surface area contributed by atoms with Crippen molar-refractivity contribution < 1.29 is 0 Å². The molecule has 1 fully saturated rings. The van der Waals surface area contributed by atoms with Crippen molar-refractivity contribution in [3.63, 3.8) is 0 Å². The van der Waals surface area contributed by atoms with E-state index < -0.39 is 0 Å². The Balaban J connectivity index is 2.20. The van der Waals surface area contributed by atoms with Gasteiger partial charge in [-0.2, -0.15) is 11.8 Å². The summed E-state index contributed by atoms with van der Waals surface area (Å²) in [5.41, 5.74) is 1.70. The zero-order chi connectivity index (χ0) is 5.56. The summed E-state index contributed by atoms with van der Waals surface area (Å²) >= 11 is 2.11. The van der Waals surface area contributed by atoms with E-state index in [4.69, 9.17) is 0 Å². The first-order chi connectivity index (χ1) is 3.86. The predicted octanol–water partition coefficient (Wildman–Crippen LogP) is 2.07. The Hall–Kier alpha value is 0.0900. The van der Waals surface area contributed by atoms with Crippen molar-refractivity contribution in [2.75, 3.05) is 5.75 Å². The van der Waals surface area contributed by atoms with Crippen LogP contribution in [-0.4, -0.2) is 11.0 Å². The second kappa shape index (κ2) is 1.53. The molecule has 0 saturated carbocycles. The quantitative estimate of drug-likeness (QED) is 0.448. The molecule has 0 amide bonds. The van der Waals surface area contributed by atoms with Crippen LogP contribution in [0.1, 0.15) is 13.3 Å². The smallest absolute Gasteiger partial charge is 0.0228 e. The van der Waals surface area contributed by atoms with Gasteiger partial charge in [0, 0.05) is 11.0 Å². The van der Waals surface area contributed by atoms with Crippen LogP contribution in [0.3, 0.4) is 0 Å². The lowest BCUT2D eigenvalue weighted by molar-refractivity contribution is 0.611. The molecule has 0 spiro atoms. The van der Waals surface area contributed by atoms with Crippen LogP contribution in [0.25, 0.3) is 0 Å². The molecule has 2 bridgehead atoms. The number of hydrogen-bond acceptors (Lipinski definition) is 1. The fourth-order valence-electron chi connectivity index (χ4n) is 1.36. The van der Waals surface area contributed by atoms with Crippen molar-refractivity contribution in [3.05, 3.63) is 11.6 Å². The van der Waals surface area contributed by atoms with Gasteiger partial charge in [-0.15, -0.1) is 0 Å². The molecule has 2 aliphatic heterocycles. The largest absolute Gasteiger partial charge is 0.154 e. The summed E-state index contributed by atoms with van der Waals surface area (Å²) in [5, 5.41) is 0.847. The summed E-state index contributed by atoms with van der Waals surface area (Å²) in [6.07, 6.45) is 3.86. The van der Waals surface area contributed by atoms with Crippen molar-refractivity contribution >= 4 is 11.8 Å². The summed E-state index contributed by atoms with van der Waals surface area (Å²) in [7, 11) is 0. The molecule has 0 aromatic heterocycles. The summed E-state index contributed by atoms with van der Waals surface area (Å²) in [6.45, 7) is 2.31. The van der Waals surface area contributed by atoms with Crippen LogP contribution in [0.5, 0.6) is 0 Å². The maximum absolute atomic E-state index is 2.45. The molecule has 1 saturated heterocycles. The van der Waals surface area contributed by atoms with E-state index in [1.165, 1.54) is 12.2 Å². The molecule has 0 radical (unpaired) electrons. The number of hydrogen-bond donors (Lipinski definition) is 0. The third-order valence-corrected chi connectivity index (χ3v) is 3.45. The van der Waals surface area contributed by atoms with Gasteiger partial charge < -0.3 is 0 Å². The minimum atomic E-state index is 0.847. The molecule has 3 aliphatic rings. The Morgan fingerprint density at radius 2 is 2.50 bits per heavy atom. The third kappa shape index (κ3) is 0.540. The maximum atomic E-state index is 2.45. The van der Waals surface area contributed by atoms with Gasteiger partial charge in [0.2, 0.25) is 0 Å². The Morgan fingerprint density at radius 1 is 1.75 bits per heavy atom. The number of rotatable bonds is 0. The van der Waals surface area contributed by atoms with Crippen LogP contribution >= 0.6 is 11.8 Å². The van der Waals surface area contributed by atoms with Crippen molar-refractivity contribution in [3.8, 4) is 0 Å². The van der Waals surface area contributed by atoms with Gasteiger partial charge in [0.05, 0.1) is 0 Å². The maximum Gasteiger partial charge on any atom is 0.0228 e. The zero-order valence-corrected chi connectivity index (χ0v) is 5.87. The van der Waals surface area contributed by atoms with E-state index in [1.807, 2.05) is 0 Å². The van der Waals surface area contributed by atoms with Gasteiger partial charge >= 0.3 is 0 Å². The first kappa shape index (κ1) is 4.92. The molecule has 44 valence electrons. The minimum absolute atomic E-state index is 0.847. The van der Waals surface area contributed by atoms with Crippen LogP contribution in [0.4, 0.5) is 0 Å². The SMILES string of the molecule is CC1SCC2C=C1C2. The fraction of sp³-hybridized carbons (Fsp3) is 0.714. The van der Waals surface area contributed by atoms with Crippen LogP contribution in [-0.2, 0) is 0 Å². The van der Waals surface area contributed by atoms with E-state index in [-0.39, 0.29) is 0 Å². The summed E-state index contributed by atoms with van der Waals surface area (Å²) < 4.78 is 0. The summed E-state index contributed by atoms with van der Waals surface area (Å²) in [4.78, 5) is 0. The van der Waals surface area contributed by atoms with Gasteiger partial charge in [-0.1, -0.05) is 11.6 Å². The molecule has 0 N–H and O–H groups in total. The van der Waals surface area contributed by atoms with E-state index in [2.05, 4.69) is 24.8 Å². The average Bonchev–Trinajstić information content (AvgIpc) is 1.62. The standard InChI is InChI=1S/C7H10S/c1-5-7-2-6(3-7)4-8-5/h2,5-6H,3-4H2,1H3. The van der Waals surface area contributed by atoms with Gasteiger partial charge in [0.1, 0.15) is 0 Å². The monoisotopic (exact) mass is 126 g/mol. The lowest BCUT2D eigenvalue weighted by atomic mass is 9.86. The molecule has 8 heavy (non-hydrogen) atoms. The molecule has 0 aromatic rings. The van der Waals surface area contributed by atoms with Gasteiger partial charge in [0.15, 0.2) is 0 Å². The van der Waals surface area contributed by atoms with E-state index >= 15 is 0 Å². The molecule has 3 rings (SSSR count). The molecular formula is C7H10S. The number of allylic oxidation sites excluding steroid dienone is 1. The van der Waals surface area contributed by atoms with Crippen molar-refractivity contribution in [1.29, 1.82) is 0 Å². The fourth-order valence-corrected chi connectivity index (χ4v) is 2.49. The van der Waals surface area contributed by atoms with Crippen molar-refractivity contribution in [2.24, 2.45) is 5.92 Å². The van der Waals surface area contributed by atoms with Gasteiger partial charge in [-0.25, -0.2) is 0 Å². The Kier molecular flexibility index (Phi) is 0.944. The topological polar surface area (TPSA) is 0 Å². The molecule has 2 heterocycles. The Bertz CT molecular complexity index is 137. The second-order valence-corrected chi connectivity index (χ2v) is 4.06. The highest BCUT2D eigenvalue weighted by molar-refractivity contribution is 8.00. The highest BCUT2D eigenvalue weighted by Crippen LogP contribution is 2.42. The number of fused-ring (bicyclic) bond motifs is 2. The van der Waals surface area contributed by atoms with Crippen LogP contribution in [0.15, 0.2) is 11.6 Å². The molecule has 2 unspecified atom stereocenters. The summed E-state index contributed by atoms with van der Waals surface area (Å²) in [5.74, 6) is 2.34.